The Morgan fingerprint density at radius 2 is 1.89 bits per heavy atom. The number of anilines is 1. The first-order valence-corrected chi connectivity index (χ1v) is 12.1. The number of carbonyl (C=O) groups is 2. The van der Waals surface area contributed by atoms with Crippen molar-refractivity contribution >= 4 is 17.5 Å². The van der Waals surface area contributed by atoms with E-state index in [-0.39, 0.29) is 23.3 Å². The van der Waals surface area contributed by atoms with Crippen molar-refractivity contribution in [2.45, 2.75) is 50.0 Å². The van der Waals surface area contributed by atoms with Crippen molar-refractivity contribution in [2.24, 2.45) is 17.6 Å². The van der Waals surface area contributed by atoms with Gasteiger partial charge in [-0.2, -0.15) is 0 Å². The van der Waals surface area contributed by atoms with Gasteiger partial charge in [-0.1, -0.05) is 13.3 Å². The molecule has 6 N–H and O–H groups in total. The third kappa shape index (κ3) is 2.81. The van der Waals surface area contributed by atoms with E-state index in [4.69, 9.17) is 10.5 Å². The van der Waals surface area contributed by atoms with Gasteiger partial charge in [0.2, 0.25) is 5.79 Å². The molecule has 11 nitrogen and oxygen atoms in total. The summed E-state index contributed by atoms with van der Waals surface area (Å²) in [7, 11) is 7.01. The fraction of sp³-hybridized carbons (Fsp3) is 0.560. The minimum atomic E-state index is -2.36. The molecule has 36 heavy (non-hydrogen) atoms. The number of nitrogens with two attached hydrogens (primary N) is 1. The molecule has 4 aliphatic rings. The first kappa shape index (κ1) is 24.5. The number of hydrogen-bond donors (Lipinski definition) is 5. The van der Waals surface area contributed by atoms with Crippen LogP contribution in [0.5, 0.6) is 5.75 Å². The predicted molar refractivity (Wildman–Crippen MR) is 129 cm³/mol. The molecule has 0 bridgehead atoms. The minimum absolute atomic E-state index is 0.0334. The summed E-state index contributed by atoms with van der Waals surface area (Å²) in [6.45, 7) is 1.94. The molecular formula is C25H32N4O7. The van der Waals surface area contributed by atoms with Gasteiger partial charge < -0.3 is 35.8 Å². The molecular weight excluding hydrogens is 468 g/mol. The lowest BCUT2D eigenvalue weighted by molar-refractivity contribution is -0.117. The van der Waals surface area contributed by atoms with Gasteiger partial charge in [0.25, 0.3) is 5.91 Å². The number of pyridine rings is 1. The van der Waals surface area contributed by atoms with Gasteiger partial charge in [-0.3, -0.25) is 14.5 Å². The molecule has 1 aliphatic heterocycles. The molecule has 0 aromatic carbocycles. The molecule has 11 heteroatoms. The van der Waals surface area contributed by atoms with E-state index in [9.17, 15) is 30.0 Å². The van der Waals surface area contributed by atoms with E-state index in [1.165, 1.54) is 0 Å². The number of aromatic hydroxyl groups is 1. The quantitative estimate of drug-likeness (QED) is 0.362. The first-order chi connectivity index (χ1) is 16.8. The summed E-state index contributed by atoms with van der Waals surface area (Å²) >= 11 is 0. The lowest BCUT2D eigenvalue weighted by atomic mass is 9.60. The van der Waals surface area contributed by atoms with Crippen molar-refractivity contribution in [1.82, 2.24) is 9.88 Å². The van der Waals surface area contributed by atoms with Gasteiger partial charge >= 0.3 is 0 Å². The molecule has 1 amide bonds. The van der Waals surface area contributed by atoms with Gasteiger partial charge in [-0.25, -0.2) is 4.98 Å². The van der Waals surface area contributed by atoms with Crippen LogP contribution in [0, 0.1) is 11.8 Å². The molecule has 194 valence electrons. The molecule has 0 radical (unpaired) electrons. The Morgan fingerprint density at radius 1 is 1.22 bits per heavy atom. The molecule has 1 aromatic heterocycles. The number of aliphatic hydroxyl groups is 3. The highest BCUT2D eigenvalue weighted by Crippen LogP contribution is 2.68. The molecule has 1 fully saturated rings. The summed E-state index contributed by atoms with van der Waals surface area (Å²) in [5.41, 5.74) is 4.26. The van der Waals surface area contributed by atoms with E-state index >= 15 is 0 Å². The number of epoxide rings is 1. The molecule has 0 saturated carbocycles. The maximum Gasteiger partial charge on any atom is 0.253 e. The molecule has 2 heterocycles. The second-order valence-electron chi connectivity index (χ2n) is 10.6. The monoisotopic (exact) mass is 500 g/mol. The second kappa shape index (κ2) is 7.67. The molecule has 1 unspecified atom stereocenters. The summed E-state index contributed by atoms with van der Waals surface area (Å²) in [6.07, 6.45) is 1.74. The number of aryl methyl sites for hydroxylation is 1. The SMILES string of the molecule is CCCc1nc(N(C)C)c2c(c1O)C(=O)C1=C(O)[C@]34OC3(O)C(C(N)=O)=C(O)[C@@H](N(C)C)[C@@H]4C[C@@H]1C2. The van der Waals surface area contributed by atoms with E-state index in [0.717, 1.165) is 0 Å². The molecule has 1 saturated heterocycles. The summed E-state index contributed by atoms with van der Waals surface area (Å²) in [5.74, 6) is -5.72. The average molecular weight is 501 g/mol. The number of nitrogens with zero attached hydrogens (tertiary/aromatic N) is 3. The number of likely N-dealkylation sites (N-methyl/N-ethyl adjacent to an activating group) is 1. The Bertz CT molecular complexity index is 1270. The molecule has 1 aromatic rings. The zero-order valence-electron chi connectivity index (χ0n) is 21.0. The number of amides is 1. The van der Waals surface area contributed by atoms with Crippen LogP contribution in [-0.4, -0.2) is 87.6 Å². The fourth-order valence-corrected chi connectivity index (χ4v) is 6.63. The molecule has 1 spiro atoms. The number of fused-ring (bicyclic) bond motifs is 2. The Balaban J connectivity index is 1.74. The predicted octanol–water partition coefficient (Wildman–Crippen LogP) is 0.692. The van der Waals surface area contributed by atoms with Crippen LogP contribution >= 0.6 is 0 Å². The molecule has 3 aliphatic carbocycles. The maximum atomic E-state index is 13.9. The number of aliphatic hydroxyl groups excluding tert-OH is 2. The highest BCUT2D eigenvalue weighted by atomic mass is 16.8. The third-order valence-corrected chi connectivity index (χ3v) is 8.06. The summed E-state index contributed by atoms with van der Waals surface area (Å²) < 4.78 is 5.70. The van der Waals surface area contributed by atoms with Crippen molar-refractivity contribution in [1.29, 1.82) is 0 Å². The number of primary amides is 1. The lowest BCUT2D eigenvalue weighted by Crippen LogP contribution is -2.57. The third-order valence-electron chi connectivity index (χ3n) is 8.06. The number of allylic oxidation sites excluding steroid dienone is 1. The highest BCUT2D eigenvalue weighted by Gasteiger charge is 2.84. The lowest BCUT2D eigenvalue weighted by Gasteiger charge is -2.46. The Kier molecular flexibility index (Phi) is 5.23. The second-order valence-corrected chi connectivity index (χ2v) is 10.6. The number of carbonyl (C=O) groups excluding carboxylic acids is 2. The van der Waals surface area contributed by atoms with E-state index in [0.29, 0.717) is 36.3 Å². The Hall–Kier alpha value is -3.15. The van der Waals surface area contributed by atoms with Crippen LogP contribution in [0.1, 0.15) is 41.4 Å². The van der Waals surface area contributed by atoms with Crippen LogP contribution in [0.4, 0.5) is 5.82 Å². The van der Waals surface area contributed by atoms with E-state index in [1.807, 2.05) is 21.0 Å². The van der Waals surface area contributed by atoms with Crippen molar-refractivity contribution < 1.29 is 34.8 Å². The number of hydrogen-bond acceptors (Lipinski definition) is 10. The number of Topliss-reactive ketones (excluding diaryl/α,β-unsaturated/α-hetero) is 1. The van der Waals surface area contributed by atoms with Gasteiger partial charge in [0.05, 0.1) is 17.3 Å². The zero-order chi connectivity index (χ0) is 26.5. The van der Waals surface area contributed by atoms with Crippen LogP contribution in [0.3, 0.4) is 0 Å². The van der Waals surface area contributed by atoms with Crippen molar-refractivity contribution in [3.8, 4) is 5.75 Å². The van der Waals surface area contributed by atoms with Crippen molar-refractivity contribution in [3.05, 3.63) is 39.5 Å². The van der Waals surface area contributed by atoms with Crippen LogP contribution in [0.15, 0.2) is 22.7 Å². The average Bonchev–Trinajstić information content (AvgIpc) is 3.40. The normalized spacial score (nSPS) is 32.6. The van der Waals surface area contributed by atoms with E-state index < -0.39 is 58.0 Å². The topological polar surface area (TPSA) is 173 Å². The Morgan fingerprint density at radius 3 is 2.44 bits per heavy atom. The van der Waals surface area contributed by atoms with Gasteiger partial charge in [-0.15, -0.1) is 0 Å². The summed E-state index contributed by atoms with van der Waals surface area (Å²) in [6, 6.07) is -0.803. The van der Waals surface area contributed by atoms with E-state index in [1.54, 1.807) is 23.9 Å². The number of aromatic nitrogens is 1. The van der Waals surface area contributed by atoms with Crippen LogP contribution in [-0.2, 0) is 22.4 Å². The number of ether oxygens (including phenoxy) is 1. The van der Waals surface area contributed by atoms with Gasteiger partial charge in [0.15, 0.2) is 11.4 Å². The Labute approximate surface area is 208 Å². The number of ketones is 1. The maximum absolute atomic E-state index is 13.9. The number of rotatable bonds is 5. The minimum Gasteiger partial charge on any atom is -0.510 e. The first-order valence-electron chi connectivity index (χ1n) is 12.1. The fourth-order valence-electron chi connectivity index (χ4n) is 6.63. The van der Waals surface area contributed by atoms with E-state index in [2.05, 4.69) is 4.98 Å². The molecule has 5 atom stereocenters. The van der Waals surface area contributed by atoms with Crippen molar-refractivity contribution in [3.63, 3.8) is 0 Å². The van der Waals surface area contributed by atoms with Gasteiger partial charge in [-0.05, 0) is 39.3 Å². The van der Waals surface area contributed by atoms with Gasteiger partial charge in [0, 0.05) is 31.1 Å². The molecule has 5 rings (SSSR count). The standard InChI is InChI=1S/C25H32N4O7/c1-6-7-13-18(30)15-11(23(27-13)29(4)5)8-10-9-12-17(28(2)3)20(32)16(22(26)34)25(35)24(12,36-25)21(33)14(10)19(15)31/h10,12,17,30,32-33,35H,6-9H2,1-5H3,(H2,26,34)/t10-,12-,17-,24-,25?/m0/s1. The highest BCUT2D eigenvalue weighted by molar-refractivity contribution is 6.14. The largest absolute Gasteiger partial charge is 0.510 e. The summed E-state index contributed by atoms with van der Waals surface area (Å²) in [5, 5.41) is 44.9. The van der Waals surface area contributed by atoms with Crippen LogP contribution < -0.4 is 10.6 Å². The zero-order valence-corrected chi connectivity index (χ0v) is 21.0. The van der Waals surface area contributed by atoms with Crippen LogP contribution in [0.25, 0.3) is 0 Å². The summed E-state index contributed by atoms with van der Waals surface area (Å²) in [4.78, 5) is 34.3. The smallest absolute Gasteiger partial charge is 0.253 e. The van der Waals surface area contributed by atoms with Crippen molar-refractivity contribution in [2.75, 3.05) is 33.1 Å². The van der Waals surface area contributed by atoms with Gasteiger partial charge in [0.1, 0.15) is 28.7 Å². The van der Waals surface area contributed by atoms with Crippen LogP contribution in [0.2, 0.25) is 0 Å².